The number of likely N-dealkylation sites (tertiary alicyclic amines) is 1. The molecule has 2 aromatic rings. The first kappa shape index (κ1) is 15.9. The van der Waals surface area contributed by atoms with E-state index in [9.17, 15) is 0 Å². The Bertz CT molecular complexity index is 667. The molecule has 1 aromatic heterocycles. The number of fused-ring (bicyclic) bond motifs is 1. The molecule has 0 radical (unpaired) electrons. The van der Waals surface area contributed by atoms with Crippen molar-refractivity contribution in [1.29, 1.82) is 0 Å². The maximum atomic E-state index is 5.42. The number of hydrogen-bond donors (Lipinski definition) is 1. The molecule has 1 aromatic carbocycles. The first-order valence-corrected chi connectivity index (χ1v) is 8.14. The van der Waals surface area contributed by atoms with Gasteiger partial charge in [-0.05, 0) is 51.0 Å². The number of anilines is 1. The van der Waals surface area contributed by atoms with Gasteiger partial charge in [-0.3, -0.25) is 4.98 Å². The highest BCUT2D eigenvalue weighted by molar-refractivity contribution is 5.93. The molecule has 0 bridgehead atoms. The van der Waals surface area contributed by atoms with Crippen LogP contribution in [0.3, 0.4) is 0 Å². The fourth-order valence-electron chi connectivity index (χ4n) is 3.15. The summed E-state index contributed by atoms with van der Waals surface area (Å²) in [4.78, 5) is 6.85. The van der Waals surface area contributed by atoms with Crippen LogP contribution in [-0.2, 0) is 0 Å². The number of nitrogens with zero attached hydrogens (tertiary/aromatic N) is 2. The number of benzene rings is 1. The van der Waals surface area contributed by atoms with Gasteiger partial charge in [0, 0.05) is 29.9 Å². The minimum Gasteiger partial charge on any atom is -0.493 e. The molecule has 0 amide bonds. The van der Waals surface area contributed by atoms with Gasteiger partial charge in [0.2, 0.25) is 0 Å². The van der Waals surface area contributed by atoms with E-state index in [2.05, 4.69) is 22.2 Å². The monoisotopic (exact) mass is 315 g/mol. The molecule has 0 aliphatic carbocycles. The van der Waals surface area contributed by atoms with Gasteiger partial charge in [-0.25, -0.2) is 0 Å². The van der Waals surface area contributed by atoms with Crippen molar-refractivity contribution in [3.63, 3.8) is 0 Å². The van der Waals surface area contributed by atoms with Crippen LogP contribution in [0, 0.1) is 5.92 Å². The summed E-state index contributed by atoms with van der Waals surface area (Å²) >= 11 is 0. The molecule has 124 valence electrons. The summed E-state index contributed by atoms with van der Waals surface area (Å²) in [6.45, 7) is 3.38. The molecular weight excluding hydrogens is 290 g/mol. The highest BCUT2D eigenvalue weighted by atomic mass is 16.5. The number of ether oxygens (including phenoxy) is 2. The maximum absolute atomic E-state index is 5.42. The van der Waals surface area contributed by atoms with E-state index < -0.39 is 0 Å². The van der Waals surface area contributed by atoms with Gasteiger partial charge in [0.1, 0.15) is 0 Å². The summed E-state index contributed by atoms with van der Waals surface area (Å²) in [7, 11) is 5.50. The summed E-state index contributed by atoms with van der Waals surface area (Å²) in [5, 5.41) is 4.67. The van der Waals surface area contributed by atoms with Crippen LogP contribution in [0.2, 0.25) is 0 Å². The van der Waals surface area contributed by atoms with Gasteiger partial charge < -0.3 is 19.7 Å². The van der Waals surface area contributed by atoms with Crippen molar-refractivity contribution >= 4 is 16.6 Å². The molecule has 2 heterocycles. The van der Waals surface area contributed by atoms with E-state index >= 15 is 0 Å². The van der Waals surface area contributed by atoms with E-state index in [0.29, 0.717) is 5.75 Å². The third kappa shape index (κ3) is 3.50. The van der Waals surface area contributed by atoms with Crippen molar-refractivity contribution in [2.45, 2.75) is 12.8 Å². The molecule has 5 nitrogen and oxygen atoms in total. The molecule has 0 spiro atoms. The zero-order valence-electron chi connectivity index (χ0n) is 14.1. The minimum atomic E-state index is 0.708. The zero-order valence-corrected chi connectivity index (χ0v) is 14.1. The summed E-state index contributed by atoms with van der Waals surface area (Å²) < 4.78 is 10.8. The number of piperidine rings is 1. The van der Waals surface area contributed by atoms with Crippen LogP contribution in [0.5, 0.6) is 11.5 Å². The second kappa shape index (κ2) is 7.04. The fourth-order valence-corrected chi connectivity index (χ4v) is 3.15. The van der Waals surface area contributed by atoms with Crippen LogP contribution in [0.15, 0.2) is 24.4 Å². The highest BCUT2D eigenvalue weighted by Crippen LogP contribution is 2.34. The summed E-state index contributed by atoms with van der Waals surface area (Å²) in [5.74, 6) is 2.17. The van der Waals surface area contributed by atoms with Gasteiger partial charge in [-0.1, -0.05) is 0 Å². The average molecular weight is 315 g/mol. The Labute approximate surface area is 137 Å². The van der Waals surface area contributed by atoms with Crippen LogP contribution < -0.4 is 14.8 Å². The molecule has 1 N–H and O–H groups in total. The van der Waals surface area contributed by atoms with Crippen LogP contribution >= 0.6 is 0 Å². The van der Waals surface area contributed by atoms with E-state index in [1.807, 2.05) is 24.4 Å². The first-order chi connectivity index (χ1) is 11.2. The van der Waals surface area contributed by atoms with E-state index in [1.54, 1.807) is 14.2 Å². The quantitative estimate of drug-likeness (QED) is 0.919. The zero-order chi connectivity index (χ0) is 16.2. The lowest BCUT2D eigenvalue weighted by atomic mass is 9.97. The van der Waals surface area contributed by atoms with E-state index in [0.717, 1.165) is 34.8 Å². The Morgan fingerprint density at radius 1 is 1.17 bits per heavy atom. The molecule has 0 atom stereocenters. The van der Waals surface area contributed by atoms with Crippen molar-refractivity contribution in [2.24, 2.45) is 5.92 Å². The molecule has 0 unspecified atom stereocenters. The molecule has 1 fully saturated rings. The normalized spacial score (nSPS) is 16.5. The minimum absolute atomic E-state index is 0.708. The van der Waals surface area contributed by atoms with Gasteiger partial charge in [0.05, 0.1) is 19.7 Å². The second-order valence-corrected chi connectivity index (χ2v) is 6.21. The van der Waals surface area contributed by atoms with Crippen molar-refractivity contribution in [2.75, 3.05) is 46.2 Å². The first-order valence-electron chi connectivity index (χ1n) is 8.14. The summed E-state index contributed by atoms with van der Waals surface area (Å²) in [6, 6.07) is 5.95. The average Bonchev–Trinajstić information content (AvgIpc) is 2.60. The molecule has 5 heteroatoms. The third-order valence-corrected chi connectivity index (χ3v) is 4.67. The highest BCUT2D eigenvalue weighted by Gasteiger charge is 2.17. The molecule has 1 aliphatic heterocycles. The molecular formula is C18H25N3O2. The second-order valence-electron chi connectivity index (χ2n) is 6.21. The van der Waals surface area contributed by atoms with Crippen LogP contribution in [0.4, 0.5) is 5.69 Å². The molecule has 1 saturated heterocycles. The number of aromatic nitrogens is 1. The number of nitrogens with one attached hydrogen (secondary N) is 1. The smallest absolute Gasteiger partial charge is 0.162 e. The largest absolute Gasteiger partial charge is 0.493 e. The van der Waals surface area contributed by atoms with Gasteiger partial charge in [-0.15, -0.1) is 0 Å². The van der Waals surface area contributed by atoms with Crippen LogP contribution in [0.1, 0.15) is 12.8 Å². The van der Waals surface area contributed by atoms with Crippen molar-refractivity contribution in [3.05, 3.63) is 24.4 Å². The van der Waals surface area contributed by atoms with Gasteiger partial charge >= 0.3 is 0 Å². The maximum Gasteiger partial charge on any atom is 0.162 e. The van der Waals surface area contributed by atoms with E-state index in [4.69, 9.17) is 9.47 Å². The lowest BCUT2D eigenvalue weighted by Gasteiger charge is -2.29. The Hall–Kier alpha value is -2.01. The van der Waals surface area contributed by atoms with Gasteiger partial charge in [-0.2, -0.15) is 0 Å². The number of methoxy groups -OCH3 is 2. The number of pyridine rings is 1. The molecule has 3 rings (SSSR count). The lowest BCUT2D eigenvalue weighted by Crippen LogP contribution is -2.32. The van der Waals surface area contributed by atoms with Crippen LogP contribution in [-0.4, -0.2) is 50.8 Å². The molecule has 23 heavy (non-hydrogen) atoms. The summed E-state index contributed by atoms with van der Waals surface area (Å²) in [6.07, 6.45) is 4.35. The molecule has 0 saturated carbocycles. The Morgan fingerprint density at radius 2 is 1.87 bits per heavy atom. The van der Waals surface area contributed by atoms with Crippen molar-refractivity contribution in [3.8, 4) is 11.5 Å². The van der Waals surface area contributed by atoms with E-state index in [1.165, 1.54) is 25.9 Å². The van der Waals surface area contributed by atoms with E-state index in [-0.39, 0.29) is 0 Å². The fraction of sp³-hybridized carbons (Fsp3) is 0.500. The predicted octanol–water partition coefficient (Wildman–Crippen LogP) is 3.01. The van der Waals surface area contributed by atoms with Crippen LogP contribution in [0.25, 0.3) is 10.9 Å². The number of rotatable bonds is 5. The lowest BCUT2D eigenvalue weighted by molar-refractivity contribution is 0.226. The van der Waals surface area contributed by atoms with Crippen molar-refractivity contribution < 1.29 is 9.47 Å². The summed E-state index contributed by atoms with van der Waals surface area (Å²) in [5.41, 5.74) is 2.02. The Morgan fingerprint density at radius 3 is 2.57 bits per heavy atom. The predicted molar refractivity (Wildman–Crippen MR) is 93.6 cm³/mol. The Kier molecular flexibility index (Phi) is 4.86. The third-order valence-electron chi connectivity index (χ3n) is 4.67. The SMILES string of the molecule is COc1cc2nccc(NCC3CCN(C)CC3)c2cc1OC. The van der Waals surface area contributed by atoms with Gasteiger partial charge in [0.15, 0.2) is 11.5 Å². The standard InChI is InChI=1S/C18H25N3O2/c1-21-8-5-13(6-9-21)12-20-15-4-7-19-16-11-18(23-3)17(22-2)10-14(15)16/h4,7,10-11,13H,5-6,8-9,12H2,1-3H3,(H,19,20). The topological polar surface area (TPSA) is 46.6 Å². The Balaban J connectivity index is 1.80. The van der Waals surface area contributed by atoms with Crippen molar-refractivity contribution in [1.82, 2.24) is 9.88 Å². The number of hydrogen-bond acceptors (Lipinski definition) is 5. The van der Waals surface area contributed by atoms with Gasteiger partial charge in [0.25, 0.3) is 0 Å². The molecule has 1 aliphatic rings.